The van der Waals surface area contributed by atoms with Crippen LogP contribution in [0.25, 0.3) is 0 Å². The lowest BCUT2D eigenvalue weighted by Crippen LogP contribution is -2.33. The summed E-state index contributed by atoms with van der Waals surface area (Å²) in [4.78, 5) is 25.3. The fourth-order valence-electron chi connectivity index (χ4n) is 3.88. The molecule has 148 valence electrons. The molecule has 1 aliphatic carbocycles. The molecule has 1 saturated heterocycles. The number of nitrogens with zero attached hydrogens (tertiary/aromatic N) is 1. The van der Waals surface area contributed by atoms with Crippen molar-refractivity contribution < 1.29 is 23.8 Å². The molecule has 6 nitrogen and oxygen atoms in total. The molecule has 0 radical (unpaired) electrons. The van der Waals surface area contributed by atoms with Crippen LogP contribution in [0.4, 0.5) is 4.79 Å². The summed E-state index contributed by atoms with van der Waals surface area (Å²) in [5.41, 5.74) is 0.988. The van der Waals surface area contributed by atoms with Crippen molar-refractivity contribution in [3.63, 3.8) is 0 Å². The number of ether oxygens (including phenoxy) is 3. The Morgan fingerprint density at radius 1 is 1.04 bits per heavy atom. The molecule has 0 bridgehead atoms. The number of likely N-dealkylation sites (tertiary alicyclic amines) is 1. The Balaban J connectivity index is 1.35. The minimum absolute atomic E-state index is 0.0800. The number of esters is 1. The maximum atomic E-state index is 12.2. The van der Waals surface area contributed by atoms with Crippen LogP contribution >= 0.6 is 0 Å². The fourth-order valence-corrected chi connectivity index (χ4v) is 3.88. The van der Waals surface area contributed by atoms with Crippen LogP contribution in [0.3, 0.4) is 0 Å². The third-order valence-electron chi connectivity index (χ3n) is 5.47. The molecule has 0 N–H and O–H groups in total. The second kappa shape index (κ2) is 9.74. The van der Waals surface area contributed by atoms with Gasteiger partial charge in [0, 0.05) is 13.0 Å². The molecule has 6 heteroatoms. The van der Waals surface area contributed by atoms with Gasteiger partial charge in [0.25, 0.3) is 0 Å². The standard InChI is InChI=1S/C21H29NO5/c1-25-20(23)13-16-7-9-18(10-8-16)27-19-11-12-22(14-19)21(24)26-15-17-5-3-2-4-6-17/h2-6,16,18-19H,7-15H2,1H3/t16-,18+,19-/m1/s1. The lowest BCUT2D eigenvalue weighted by Gasteiger charge is -2.30. The summed E-state index contributed by atoms with van der Waals surface area (Å²) in [5, 5.41) is 0. The smallest absolute Gasteiger partial charge is 0.410 e. The topological polar surface area (TPSA) is 65.1 Å². The molecule has 2 aliphatic rings. The largest absolute Gasteiger partial charge is 0.469 e. The Morgan fingerprint density at radius 2 is 1.78 bits per heavy atom. The van der Waals surface area contributed by atoms with E-state index in [-0.39, 0.29) is 24.3 Å². The number of hydrogen-bond acceptors (Lipinski definition) is 5. The van der Waals surface area contributed by atoms with Gasteiger partial charge in [-0.15, -0.1) is 0 Å². The summed E-state index contributed by atoms with van der Waals surface area (Å²) < 4.78 is 16.4. The van der Waals surface area contributed by atoms with E-state index in [4.69, 9.17) is 14.2 Å². The predicted octanol–water partition coefficient (Wildman–Crippen LogP) is 3.54. The molecular formula is C21H29NO5. The van der Waals surface area contributed by atoms with Crippen LogP contribution < -0.4 is 0 Å². The summed E-state index contributed by atoms with van der Waals surface area (Å²) >= 11 is 0. The van der Waals surface area contributed by atoms with E-state index < -0.39 is 0 Å². The molecule has 1 heterocycles. The van der Waals surface area contributed by atoms with E-state index in [1.807, 2.05) is 30.3 Å². The maximum absolute atomic E-state index is 12.2. The summed E-state index contributed by atoms with van der Waals surface area (Å²) in [6.07, 6.45) is 5.32. The minimum Gasteiger partial charge on any atom is -0.469 e. The van der Waals surface area contributed by atoms with Gasteiger partial charge in [-0.3, -0.25) is 4.79 Å². The van der Waals surface area contributed by atoms with Gasteiger partial charge in [0.05, 0.1) is 25.9 Å². The molecule has 1 amide bonds. The molecule has 1 aromatic rings. The molecule has 2 fully saturated rings. The number of carbonyl (C=O) groups is 2. The Kier molecular flexibility index (Phi) is 7.10. The number of carbonyl (C=O) groups excluding carboxylic acids is 2. The van der Waals surface area contributed by atoms with Crippen molar-refractivity contribution in [2.45, 2.75) is 57.3 Å². The number of hydrogen-bond donors (Lipinski definition) is 0. The molecule has 0 aromatic heterocycles. The SMILES string of the molecule is COC(=O)C[C@H]1CC[C@@H](O[C@@H]2CCN(C(=O)OCc3ccccc3)C2)CC1. The molecule has 1 aliphatic heterocycles. The Hall–Kier alpha value is -2.08. The van der Waals surface area contributed by atoms with Crippen molar-refractivity contribution in [2.75, 3.05) is 20.2 Å². The van der Waals surface area contributed by atoms with Crippen LogP contribution in [0.15, 0.2) is 30.3 Å². The van der Waals surface area contributed by atoms with Crippen molar-refractivity contribution in [1.29, 1.82) is 0 Å². The summed E-state index contributed by atoms with van der Waals surface area (Å²) in [7, 11) is 1.44. The molecular weight excluding hydrogens is 346 g/mol. The van der Waals surface area contributed by atoms with E-state index in [1.54, 1.807) is 4.90 Å². The summed E-state index contributed by atoms with van der Waals surface area (Å²) in [6, 6.07) is 9.70. The van der Waals surface area contributed by atoms with E-state index in [2.05, 4.69) is 0 Å². The van der Waals surface area contributed by atoms with Gasteiger partial charge in [-0.05, 0) is 43.6 Å². The highest BCUT2D eigenvalue weighted by atomic mass is 16.6. The van der Waals surface area contributed by atoms with Crippen molar-refractivity contribution in [1.82, 2.24) is 4.90 Å². The van der Waals surface area contributed by atoms with Gasteiger partial charge in [-0.25, -0.2) is 4.79 Å². The van der Waals surface area contributed by atoms with Gasteiger partial charge in [-0.2, -0.15) is 0 Å². The summed E-state index contributed by atoms with van der Waals surface area (Å²) in [5.74, 6) is 0.283. The quantitative estimate of drug-likeness (QED) is 0.712. The number of amides is 1. The first kappa shape index (κ1) is 19.7. The third kappa shape index (κ3) is 5.96. The van der Waals surface area contributed by atoms with Crippen molar-refractivity contribution >= 4 is 12.1 Å². The van der Waals surface area contributed by atoms with E-state index in [0.29, 0.717) is 32.0 Å². The van der Waals surface area contributed by atoms with Gasteiger partial charge in [0.2, 0.25) is 0 Å². The van der Waals surface area contributed by atoms with Crippen LogP contribution in [0.2, 0.25) is 0 Å². The fraction of sp³-hybridized carbons (Fsp3) is 0.619. The van der Waals surface area contributed by atoms with Crippen LogP contribution in [0.1, 0.15) is 44.1 Å². The molecule has 1 saturated carbocycles. The van der Waals surface area contributed by atoms with E-state index in [0.717, 1.165) is 37.7 Å². The molecule has 0 spiro atoms. The van der Waals surface area contributed by atoms with Gasteiger partial charge >= 0.3 is 12.1 Å². The van der Waals surface area contributed by atoms with Crippen molar-refractivity contribution in [3.05, 3.63) is 35.9 Å². The minimum atomic E-state index is -0.272. The number of methoxy groups -OCH3 is 1. The molecule has 1 atom stereocenters. The van der Waals surface area contributed by atoms with E-state index in [9.17, 15) is 9.59 Å². The highest BCUT2D eigenvalue weighted by Crippen LogP contribution is 2.30. The highest BCUT2D eigenvalue weighted by molar-refractivity contribution is 5.69. The first-order valence-corrected chi connectivity index (χ1v) is 9.82. The molecule has 27 heavy (non-hydrogen) atoms. The van der Waals surface area contributed by atoms with Gasteiger partial charge in [0.15, 0.2) is 0 Å². The lowest BCUT2D eigenvalue weighted by molar-refractivity contribution is -0.142. The predicted molar refractivity (Wildman–Crippen MR) is 100 cm³/mol. The van der Waals surface area contributed by atoms with E-state index >= 15 is 0 Å². The van der Waals surface area contributed by atoms with Crippen molar-refractivity contribution in [2.24, 2.45) is 5.92 Å². The first-order valence-electron chi connectivity index (χ1n) is 9.82. The average molecular weight is 375 g/mol. The van der Waals surface area contributed by atoms with Gasteiger partial charge in [-0.1, -0.05) is 30.3 Å². The Bertz CT molecular complexity index is 612. The van der Waals surface area contributed by atoms with Gasteiger partial charge in [0.1, 0.15) is 6.61 Å². The number of benzene rings is 1. The van der Waals surface area contributed by atoms with Crippen LogP contribution in [-0.4, -0.2) is 49.4 Å². The third-order valence-corrected chi connectivity index (χ3v) is 5.47. The first-order chi connectivity index (χ1) is 13.1. The zero-order chi connectivity index (χ0) is 19.1. The zero-order valence-electron chi connectivity index (χ0n) is 16.0. The average Bonchev–Trinajstić information content (AvgIpc) is 3.17. The van der Waals surface area contributed by atoms with E-state index in [1.165, 1.54) is 7.11 Å². The van der Waals surface area contributed by atoms with Gasteiger partial charge < -0.3 is 19.1 Å². The van der Waals surface area contributed by atoms with Crippen LogP contribution in [-0.2, 0) is 25.6 Å². The lowest BCUT2D eigenvalue weighted by atomic mass is 9.85. The maximum Gasteiger partial charge on any atom is 0.410 e. The van der Waals surface area contributed by atoms with Crippen molar-refractivity contribution in [3.8, 4) is 0 Å². The normalized spacial score (nSPS) is 25.2. The molecule has 1 aromatic carbocycles. The van der Waals surface area contributed by atoms with Crippen LogP contribution in [0, 0.1) is 5.92 Å². The Labute approximate surface area is 160 Å². The monoisotopic (exact) mass is 375 g/mol. The Morgan fingerprint density at radius 3 is 2.48 bits per heavy atom. The summed E-state index contributed by atoms with van der Waals surface area (Å²) in [6.45, 7) is 1.57. The van der Waals surface area contributed by atoms with Crippen LogP contribution in [0.5, 0.6) is 0 Å². The molecule has 3 rings (SSSR count). The second-order valence-corrected chi connectivity index (χ2v) is 7.46. The second-order valence-electron chi connectivity index (χ2n) is 7.46. The zero-order valence-corrected chi connectivity index (χ0v) is 16.0. The highest BCUT2D eigenvalue weighted by Gasteiger charge is 2.31. The number of rotatable bonds is 6. The molecule has 0 unspecified atom stereocenters.